The van der Waals surface area contributed by atoms with Crippen molar-refractivity contribution in [2.24, 2.45) is 5.73 Å². The van der Waals surface area contributed by atoms with Crippen molar-refractivity contribution in [3.63, 3.8) is 0 Å². The molecular formula is C10H14N2O2S. The van der Waals surface area contributed by atoms with E-state index in [1.807, 2.05) is 6.92 Å². The molecule has 0 bridgehead atoms. The molecule has 15 heavy (non-hydrogen) atoms. The van der Waals surface area contributed by atoms with Crippen molar-refractivity contribution in [1.29, 1.82) is 0 Å². The van der Waals surface area contributed by atoms with Crippen molar-refractivity contribution < 1.29 is 9.21 Å². The van der Waals surface area contributed by atoms with Gasteiger partial charge in [0.25, 0.3) is 5.91 Å². The molecule has 82 valence electrons. The highest BCUT2D eigenvalue weighted by molar-refractivity contribution is 7.80. The lowest BCUT2D eigenvalue weighted by atomic mass is 10.2. The number of nitrogens with two attached hydrogens (primary N) is 1. The van der Waals surface area contributed by atoms with Crippen LogP contribution in [0, 0.1) is 6.92 Å². The Morgan fingerprint density at radius 1 is 1.67 bits per heavy atom. The molecule has 0 aliphatic rings. The van der Waals surface area contributed by atoms with E-state index >= 15 is 0 Å². The van der Waals surface area contributed by atoms with Crippen molar-refractivity contribution >= 4 is 23.1 Å². The summed E-state index contributed by atoms with van der Waals surface area (Å²) in [6.07, 6.45) is 1.44. The lowest BCUT2D eigenvalue weighted by Gasteiger charge is -2.18. The Hall–Kier alpha value is -1.36. The van der Waals surface area contributed by atoms with Crippen LogP contribution in [-0.2, 0) is 0 Å². The fraction of sp³-hybridized carbons (Fsp3) is 0.400. The van der Waals surface area contributed by atoms with E-state index in [2.05, 4.69) is 0 Å². The number of hydrogen-bond donors (Lipinski definition) is 1. The summed E-state index contributed by atoms with van der Waals surface area (Å²) in [5.41, 5.74) is 5.94. The molecule has 4 nitrogen and oxygen atoms in total. The van der Waals surface area contributed by atoms with Gasteiger partial charge in [-0.15, -0.1) is 0 Å². The van der Waals surface area contributed by atoms with Crippen molar-refractivity contribution in [3.05, 3.63) is 23.7 Å². The number of amides is 1. The number of furan rings is 1. The van der Waals surface area contributed by atoms with Crippen LogP contribution in [0.1, 0.15) is 23.0 Å². The number of hydrogen-bond acceptors (Lipinski definition) is 3. The highest BCUT2D eigenvalue weighted by Gasteiger charge is 2.16. The van der Waals surface area contributed by atoms with E-state index in [9.17, 15) is 4.79 Å². The number of carbonyl (C=O) groups is 1. The van der Waals surface area contributed by atoms with E-state index in [-0.39, 0.29) is 5.91 Å². The predicted molar refractivity (Wildman–Crippen MR) is 61.8 cm³/mol. The Morgan fingerprint density at radius 3 is 2.73 bits per heavy atom. The summed E-state index contributed by atoms with van der Waals surface area (Å²) in [6.45, 7) is 4.54. The van der Waals surface area contributed by atoms with Crippen LogP contribution in [0.25, 0.3) is 0 Å². The molecular weight excluding hydrogens is 212 g/mol. The molecule has 1 aromatic rings. The molecule has 0 saturated heterocycles. The minimum absolute atomic E-state index is 0.109. The molecule has 0 radical (unpaired) electrons. The fourth-order valence-electron chi connectivity index (χ4n) is 1.25. The van der Waals surface area contributed by atoms with E-state index in [0.29, 0.717) is 29.4 Å². The first-order valence-electron chi connectivity index (χ1n) is 4.67. The molecule has 0 atom stereocenters. The Morgan fingerprint density at radius 2 is 2.33 bits per heavy atom. The zero-order valence-electron chi connectivity index (χ0n) is 8.82. The normalized spacial score (nSPS) is 10.0. The lowest BCUT2D eigenvalue weighted by Crippen LogP contribution is -2.37. The number of carbonyl (C=O) groups excluding carboxylic acids is 1. The number of thiocarbonyl (C=S) groups is 1. The highest BCUT2D eigenvalue weighted by Crippen LogP contribution is 2.09. The Bertz CT molecular complexity index is 373. The SMILES string of the molecule is CCN(CC(N)=S)C(=O)c1coc(C)c1. The van der Waals surface area contributed by atoms with Crippen LogP contribution < -0.4 is 5.73 Å². The summed E-state index contributed by atoms with van der Waals surface area (Å²) < 4.78 is 5.07. The summed E-state index contributed by atoms with van der Waals surface area (Å²) in [4.78, 5) is 13.8. The van der Waals surface area contributed by atoms with Crippen molar-refractivity contribution in [2.75, 3.05) is 13.1 Å². The summed E-state index contributed by atoms with van der Waals surface area (Å²) in [7, 11) is 0. The number of rotatable bonds is 4. The van der Waals surface area contributed by atoms with E-state index in [0.717, 1.165) is 0 Å². The van der Waals surface area contributed by atoms with Crippen molar-refractivity contribution in [3.8, 4) is 0 Å². The zero-order chi connectivity index (χ0) is 11.4. The molecule has 0 fully saturated rings. The molecule has 2 N–H and O–H groups in total. The van der Waals surface area contributed by atoms with Gasteiger partial charge in [0.2, 0.25) is 0 Å². The first-order valence-corrected chi connectivity index (χ1v) is 5.08. The highest BCUT2D eigenvalue weighted by atomic mass is 32.1. The maximum Gasteiger partial charge on any atom is 0.257 e. The van der Waals surface area contributed by atoms with Gasteiger partial charge in [-0.3, -0.25) is 4.79 Å². The Kier molecular flexibility index (Phi) is 3.85. The molecule has 0 aromatic carbocycles. The maximum atomic E-state index is 11.9. The minimum Gasteiger partial charge on any atom is -0.469 e. The van der Waals surface area contributed by atoms with Gasteiger partial charge in [-0.1, -0.05) is 12.2 Å². The third-order valence-electron chi connectivity index (χ3n) is 1.99. The van der Waals surface area contributed by atoms with Gasteiger partial charge in [0.05, 0.1) is 17.1 Å². The van der Waals surface area contributed by atoms with Crippen LogP contribution in [0.3, 0.4) is 0 Å². The Labute approximate surface area is 94.0 Å². The van der Waals surface area contributed by atoms with E-state index in [1.54, 1.807) is 17.9 Å². The molecule has 0 aliphatic heterocycles. The standard InChI is InChI=1S/C10H14N2O2S/c1-3-12(5-9(11)15)10(13)8-4-7(2)14-6-8/h4,6H,3,5H2,1-2H3,(H2,11,15). The van der Waals surface area contributed by atoms with Gasteiger partial charge in [0, 0.05) is 6.54 Å². The molecule has 5 heteroatoms. The van der Waals surface area contributed by atoms with Crippen LogP contribution in [0.5, 0.6) is 0 Å². The number of nitrogens with zero attached hydrogens (tertiary/aromatic N) is 1. The van der Waals surface area contributed by atoms with Gasteiger partial charge in [-0.2, -0.15) is 0 Å². The average molecular weight is 226 g/mol. The van der Waals surface area contributed by atoms with Crippen molar-refractivity contribution in [1.82, 2.24) is 4.90 Å². The van der Waals surface area contributed by atoms with Gasteiger partial charge < -0.3 is 15.1 Å². The minimum atomic E-state index is -0.109. The topological polar surface area (TPSA) is 59.5 Å². The van der Waals surface area contributed by atoms with E-state index in [1.165, 1.54) is 6.26 Å². The molecule has 0 unspecified atom stereocenters. The van der Waals surface area contributed by atoms with Gasteiger partial charge in [0.1, 0.15) is 12.0 Å². The second-order valence-corrected chi connectivity index (χ2v) is 3.76. The second kappa shape index (κ2) is 4.93. The molecule has 0 saturated carbocycles. The lowest BCUT2D eigenvalue weighted by molar-refractivity contribution is 0.0787. The van der Waals surface area contributed by atoms with Gasteiger partial charge in [-0.25, -0.2) is 0 Å². The number of likely N-dealkylation sites (N-methyl/N-ethyl adjacent to an activating group) is 1. The van der Waals surface area contributed by atoms with Crippen LogP contribution in [0.4, 0.5) is 0 Å². The third-order valence-corrected chi connectivity index (χ3v) is 2.12. The maximum absolute atomic E-state index is 11.9. The molecule has 1 aromatic heterocycles. The smallest absolute Gasteiger partial charge is 0.257 e. The fourth-order valence-corrected chi connectivity index (χ4v) is 1.41. The van der Waals surface area contributed by atoms with E-state index in [4.69, 9.17) is 22.4 Å². The number of aryl methyl sites for hydroxylation is 1. The zero-order valence-corrected chi connectivity index (χ0v) is 9.63. The molecule has 1 rings (SSSR count). The summed E-state index contributed by atoms with van der Waals surface area (Å²) in [5, 5.41) is 0. The molecule has 1 heterocycles. The monoisotopic (exact) mass is 226 g/mol. The molecule has 0 spiro atoms. The van der Waals surface area contributed by atoms with E-state index < -0.39 is 0 Å². The van der Waals surface area contributed by atoms with Gasteiger partial charge in [-0.05, 0) is 19.9 Å². The first kappa shape index (κ1) is 11.7. The van der Waals surface area contributed by atoms with Gasteiger partial charge in [0.15, 0.2) is 0 Å². The summed E-state index contributed by atoms with van der Waals surface area (Å²) >= 11 is 4.77. The van der Waals surface area contributed by atoms with Crippen LogP contribution in [0.15, 0.2) is 16.7 Å². The van der Waals surface area contributed by atoms with Crippen molar-refractivity contribution in [2.45, 2.75) is 13.8 Å². The molecule has 1 amide bonds. The van der Waals surface area contributed by atoms with Gasteiger partial charge >= 0.3 is 0 Å². The average Bonchev–Trinajstić information content (AvgIpc) is 2.60. The summed E-state index contributed by atoms with van der Waals surface area (Å²) in [6, 6.07) is 1.70. The molecule has 0 aliphatic carbocycles. The predicted octanol–water partition coefficient (Wildman–Crippen LogP) is 1.34. The second-order valence-electron chi connectivity index (χ2n) is 3.23. The largest absolute Gasteiger partial charge is 0.469 e. The Balaban J connectivity index is 2.77. The third kappa shape index (κ3) is 3.06. The van der Waals surface area contributed by atoms with Crippen LogP contribution in [0.2, 0.25) is 0 Å². The quantitative estimate of drug-likeness (QED) is 0.787. The summed E-state index contributed by atoms with van der Waals surface area (Å²) in [5.74, 6) is 0.604. The van der Waals surface area contributed by atoms with Crippen LogP contribution >= 0.6 is 12.2 Å². The first-order chi connectivity index (χ1) is 7.04. The van der Waals surface area contributed by atoms with Crippen LogP contribution in [-0.4, -0.2) is 28.9 Å².